The summed E-state index contributed by atoms with van der Waals surface area (Å²) in [6.07, 6.45) is 3.84. The zero-order chi connectivity index (χ0) is 11.4. The number of hydrogen-bond donors (Lipinski definition) is 2. The SMILES string of the molecule is NNC(CC1CCSCC1)c1sccc1Br. The minimum atomic E-state index is 0.308. The summed E-state index contributed by atoms with van der Waals surface area (Å²) >= 11 is 7.44. The fourth-order valence-corrected chi connectivity index (χ4v) is 5.05. The molecule has 2 nitrogen and oxygen atoms in total. The van der Waals surface area contributed by atoms with E-state index in [9.17, 15) is 0 Å². The van der Waals surface area contributed by atoms with E-state index in [4.69, 9.17) is 5.84 Å². The van der Waals surface area contributed by atoms with Crippen LogP contribution in [0.1, 0.15) is 30.2 Å². The second-order valence-electron chi connectivity index (χ2n) is 4.14. The molecule has 1 aromatic rings. The Morgan fingerprint density at radius 1 is 1.50 bits per heavy atom. The lowest BCUT2D eigenvalue weighted by Crippen LogP contribution is -2.30. The molecule has 1 aliphatic rings. The van der Waals surface area contributed by atoms with Crippen LogP contribution in [0, 0.1) is 5.92 Å². The first-order chi connectivity index (χ1) is 7.81. The molecule has 90 valence electrons. The quantitative estimate of drug-likeness (QED) is 0.658. The van der Waals surface area contributed by atoms with E-state index in [1.165, 1.54) is 33.7 Å². The van der Waals surface area contributed by atoms with E-state index in [-0.39, 0.29) is 0 Å². The van der Waals surface area contributed by atoms with E-state index in [1.807, 2.05) is 0 Å². The van der Waals surface area contributed by atoms with Gasteiger partial charge in [0.05, 0.1) is 6.04 Å². The van der Waals surface area contributed by atoms with Crippen LogP contribution in [0.2, 0.25) is 0 Å². The molecule has 1 unspecified atom stereocenters. The standard InChI is InChI=1S/C11H17BrN2S2/c12-9-3-6-16-11(9)10(14-13)7-8-1-4-15-5-2-8/h3,6,8,10,14H,1-2,4-5,7,13H2. The van der Waals surface area contributed by atoms with E-state index in [0.717, 1.165) is 12.3 Å². The topological polar surface area (TPSA) is 38.0 Å². The Morgan fingerprint density at radius 3 is 2.81 bits per heavy atom. The van der Waals surface area contributed by atoms with Gasteiger partial charge in [-0.05, 0) is 64.1 Å². The first kappa shape index (κ1) is 12.9. The van der Waals surface area contributed by atoms with Gasteiger partial charge in [0.1, 0.15) is 0 Å². The largest absolute Gasteiger partial charge is 0.271 e. The Morgan fingerprint density at radius 2 is 2.25 bits per heavy atom. The smallest absolute Gasteiger partial charge is 0.0567 e. The molecule has 1 atom stereocenters. The first-order valence-corrected chi connectivity index (χ1v) is 8.40. The zero-order valence-corrected chi connectivity index (χ0v) is 12.3. The molecule has 1 aromatic heterocycles. The second kappa shape index (κ2) is 6.40. The van der Waals surface area contributed by atoms with Gasteiger partial charge >= 0.3 is 0 Å². The molecule has 3 N–H and O–H groups in total. The van der Waals surface area contributed by atoms with Crippen LogP contribution in [0.3, 0.4) is 0 Å². The number of halogens is 1. The lowest BCUT2D eigenvalue weighted by Gasteiger charge is -2.25. The van der Waals surface area contributed by atoms with Crippen molar-refractivity contribution in [2.24, 2.45) is 11.8 Å². The van der Waals surface area contributed by atoms with Crippen molar-refractivity contribution < 1.29 is 0 Å². The maximum atomic E-state index is 5.68. The third kappa shape index (κ3) is 3.23. The van der Waals surface area contributed by atoms with Crippen LogP contribution >= 0.6 is 39.0 Å². The van der Waals surface area contributed by atoms with Crippen LogP contribution in [0.4, 0.5) is 0 Å². The fraction of sp³-hybridized carbons (Fsp3) is 0.636. The van der Waals surface area contributed by atoms with E-state index in [2.05, 4.69) is 44.6 Å². The van der Waals surface area contributed by atoms with Crippen molar-refractivity contribution in [1.82, 2.24) is 5.43 Å². The molecule has 0 radical (unpaired) electrons. The molecule has 0 spiro atoms. The van der Waals surface area contributed by atoms with Crippen molar-refractivity contribution >= 4 is 39.0 Å². The Hall–Kier alpha value is 0.450. The summed E-state index contributed by atoms with van der Waals surface area (Å²) in [4.78, 5) is 1.33. The first-order valence-electron chi connectivity index (χ1n) is 5.58. The van der Waals surface area contributed by atoms with Crippen molar-refractivity contribution in [2.75, 3.05) is 11.5 Å². The van der Waals surface area contributed by atoms with Crippen molar-refractivity contribution in [3.05, 3.63) is 20.8 Å². The summed E-state index contributed by atoms with van der Waals surface area (Å²) in [7, 11) is 0. The predicted molar refractivity (Wildman–Crippen MR) is 76.7 cm³/mol. The van der Waals surface area contributed by atoms with Gasteiger partial charge in [-0.25, -0.2) is 0 Å². The number of rotatable bonds is 4. The highest BCUT2D eigenvalue weighted by atomic mass is 79.9. The van der Waals surface area contributed by atoms with E-state index >= 15 is 0 Å². The van der Waals surface area contributed by atoms with Gasteiger partial charge in [-0.15, -0.1) is 11.3 Å². The van der Waals surface area contributed by atoms with Crippen molar-refractivity contribution in [2.45, 2.75) is 25.3 Å². The summed E-state index contributed by atoms with van der Waals surface area (Å²) < 4.78 is 1.19. The van der Waals surface area contributed by atoms with E-state index < -0.39 is 0 Å². The number of nitrogens with two attached hydrogens (primary N) is 1. The van der Waals surface area contributed by atoms with Gasteiger partial charge in [0.15, 0.2) is 0 Å². The van der Waals surface area contributed by atoms with Gasteiger partial charge in [-0.3, -0.25) is 11.3 Å². The molecule has 0 amide bonds. The van der Waals surface area contributed by atoms with Crippen LogP contribution < -0.4 is 11.3 Å². The molecule has 5 heteroatoms. The summed E-state index contributed by atoms with van der Waals surface area (Å²) in [5, 5.41) is 2.11. The van der Waals surface area contributed by atoms with Crippen molar-refractivity contribution in [1.29, 1.82) is 0 Å². The van der Waals surface area contributed by atoms with Crippen molar-refractivity contribution in [3.63, 3.8) is 0 Å². The molecule has 0 bridgehead atoms. The normalized spacial score (nSPS) is 19.9. The summed E-state index contributed by atoms with van der Waals surface area (Å²) in [5.74, 6) is 9.14. The van der Waals surface area contributed by atoms with Gasteiger partial charge in [0.2, 0.25) is 0 Å². The lowest BCUT2D eigenvalue weighted by molar-refractivity contribution is 0.376. The third-order valence-corrected chi connectivity index (χ3v) is 6.11. The Kier molecular flexibility index (Phi) is 5.16. The Bertz CT molecular complexity index is 324. The molecule has 16 heavy (non-hydrogen) atoms. The molecular formula is C11H17BrN2S2. The molecule has 2 heterocycles. The number of hydrogen-bond acceptors (Lipinski definition) is 4. The van der Waals surface area contributed by atoms with Crippen LogP contribution in [-0.2, 0) is 0 Å². The molecule has 0 aliphatic carbocycles. The highest BCUT2D eigenvalue weighted by Crippen LogP contribution is 2.35. The maximum absolute atomic E-state index is 5.68. The lowest BCUT2D eigenvalue weighted by atomic mass is 9.94. The fourth-order valence-electron chi connectivity index (χ4n) is 2.12. The molecule has 1 fully saturated rings. The molecule has 0 aromatic carbocycles. The van der Waals surface area contributed by atoms with Gasteiger partial charge in [-0.2, -0.15) is 11.8 Å². The number of thioether (sulfide) groups is 1. The van der Waals surface area contributed by atoms with Crippen LogP contribution in [0.5, 0.6) is 0 Å². The molecule has 1 aliphatic heterocycles. The average Bonchev–Trinajstić information content (AvgIpc) is 2.74. The Labute approximate surface area is 113 Å². The maximum Gasteiger partial charge on any atom is 0.0567 e. The van der Waals surface area contributed by atoms with Gasteiger partial charge in [0, 0.05) is 9.35 Å². The van der Waals surface area contributed by atoms with Crippen molar-refractivity contribution in [3.8, 4) is 0 Å². The van der Waals surface area contributed by atoms with Crippen LogP contribution in [0.25, 0.3) is 0 Å². The summed E-state index contributed by atoms with van der Waals surface area (Å²) in [6.45, 7) is 0. The minimum Gasteiger partial charge on any atom is -0.271 e. The zero-order valence-electron chi connectivity index (χ0n) is 9.12. The number of hydrazine groups is 1. The average molecular weight is 321 g/mol. The highest BCUT2D eigenvalue weighted by Gasteiger charge is 2.21. The van der Waals surface area contributed by atoms with Gasteiger partial charge < -0.3 is 0 Å². The number of thiophene rings is 1. The van der Waals surface area contributed by atoms with E-state index in [0.29, 0.717) is 6.04 Å². The van der Waals surface area contributed by atoms with E-state index in [1.54, 1.807) is 11.3 Å². The second-order valence-corrected chi connectivity index (χ2v) is 7.17. The Balaban J connectivity index is 1.97. The third-order valence-electron chi connectivity index (χ3n) is 3.07. The van der Waals surface area contributed by atoms with Crippen LogP contribution in [0.15, 0.2) is 15.9 Å². The summed E-state index contributed by atoms with van der Waals surface area (Å²) in [6, 6.07) is 2.41. The summed E-state index contributed by atoms with van der Waals surface area (Å²) in [5.41, 5.74) is 2.97. The van der Waals surface area contributed by atoms with Gasteiger partial charge in [-0.1, -0.05) is 0 Å². The highest BCUT2D eigenvalue weighted by molar-refractivity contribution is 9.10. The predicted octanol–water partition coefficient (Wildman–Crippen LogP) is 3.55. The van der Waals surface area contributed by atoms with Crippen LogP contribution in [-0.4, -0.2) is 11.5 Å². The monoisotopic (exact) mass is 320 g/mol. The molecule has 1 saturated heterocycles. The molecule has 0 saturated carbocycles. The van der Waals surface area contributed by atoms with Gasteiger partial charge in [0.25, 0.3) is 0 Å². The number of nitrogens with one attached hydrogen (secondary N) is 1. The molecule has 2 rings (SSSR count). The minimum absolute atomic E-state index is 0.308. The molecular weight excluding hydrogens is 304 g/mol.